The molecule has 50 heavy (non-hydrogen) atoms. The molecule has 4 N–H and O–H groups in total. The van der Waals surface area contributed by atoms with E-state index in [-0.39, 0.29) is 59.8 Å². The van der Waals surface area contributed by atoms with Crippen LogP contribution in [0, 0.1) is 33.5 Å². The van der Waals surface area contributed by atoms with Gasteiger partial charge in [-0.1, -0.05) is 107 Å². The molecule has 2 rings (SSSR count). The van der Waals surface area contributed by atoms with Gasteiger partial charge in [-0.3, -0.25) is 9.59 Å². The first-order valence-corrected chi connectivity index (χ1v) is 17.4. The first-order chi connectivity index (χ1) is 22.8. The van der Waals surface area contributed by atoms with E-state index in [0.717, 1.165) is 22.3 Å². The largest absolute Gasteiger partial charge is 0.508 e. The molecular weight excluding hydrogens is 636 g/mol. The van der Waals surface area contributed by atoms with Crippen molar-refractivity contribution in [2.45, 2.75) is 95.9 Å². The highest BCUT2D eigenvalue weighted by Gasteiger charge is 2.34. The summed E-state index contributed by atoms with van der Waals surface area (Å²) in [4.78, 5) is 48.9. The molecule has 0 radical (unpaired) electrons. The van der Waals surface area contributed by atoms with Gasteiger partial charge in [0.2, 0.25) is 0 Å². The summed E-state index contributed by atoms with van der Waals surface area (Å²) in [5.41, 5.74) is 2.52. The minimum Gasteiger partial charge on any atom is -0.508 e. The van der Waals surface area contributed by atoms with Gasteiger partial charge in [0.25, 0.3) is 0 Å². The average molecular weight is 697 g/mol. The van der Waals surface area contributed by atoms with Crippen LogP contribution < -0.4 is 10.6 Å². The summed E-state index contributed by atoms with van der Waals surface area (Å²) >= 11 is 0. The fraction of sp³-hybridized carbons (Fsp3) is 0.600. The summed E-state index contributed by atoms with van der Waals surface area (Å²) in [7, 11) is 0. The molecule has 2 unspecified atom stereocenters. The van der Waals surface area contributed by atoms with E-state index in [9.17, 15) is 29.4 Å². The van der Waals surface area contributed by atoms with Crippen LogP contribution in [0.1, 0.15) is 95.9 Å². The zero-order valence-corrected chi connectivity index (χ0v) is 32.2. The smallest absolute Gasteiger partial charge is 0.330 e. The molecule has 10 heteroatoms. The number of carbonyl (C=O) groups is 4. The van der Waals surface area contributed by atoms with Crippen molar-refractivity contribution in [3.8, 4) is 0 Å². The molecule has 0 aromatic heterocycles. The monoisotopic (exact) mass is 696 g/mol. The Kier molecular flexibility index (Phi) is 14.1. The maximum absolute atomic E-state index is 12.3. The number of allylic oxidation sites excluding steroid dienone is 8. The second-order valence-electron chi connectivity index (χ2n) is 17.1. The second-order valence-corrected chi connectivity index (χ2v) is 17.1. The van der Waals surface area contributed by atoms with Gasteiger partial charge in [0.1, 0.15) is 24.7 Å². The first kappa shape index (κ1) is 42.1. The second kappa shape index (κ2) is 16.8. The average Bonchev–Trinajstić information content (AvgIpc) is 2.97. The lowest BCUT2D eigenvalue weighted by molar-refractivity contribution is -0.141. The van der Waals surface area contributed by atoms with Gasteiger partial charge in [-0.2, -0.15) is 0 Å². The van der Waals surface area contributed by atoms with E-state index in [2.05, 4.69) is 10.6 Å². The molecule has 10 nitrogen and oxygen atoms in total. The Labute approximate surface area is 298 Å². The Morgan fingerprint density at radius 2 is 0.940 bits per heavy atom. The molecule has 0 saturated heterocycles. The number of nitrogens with one attached hydrogen (secondary N) is 2. The van der Waals surface area contributed by atoms with Crippen LogP contribution >= 0.6 is 0 Å². The standard InChI is InChI=1S/C40H60N2O8/c1-37(2,3)27-21-25(22-28(33(27)45)38(4,5)6)13-15-31(43)49-19-17-41-35(47)36(48)42-18-20-50-32(44)16-14-26-23-29(39(7,8)9)34(46)30(24-26)40(10,11)12/h13-16,21,23,25-26,45-46H,17-20,22,24H2,1-12H3,(H,41,47)(H,42,48). The van der Waals surface area contributed by atoms with Gasteiger partial charge in [0.15, 0.2) is 0 Å². The van der Waals surface area contributed by atoms with Crippen molar-refractivity contribution in [3.63, 3.8) is 0 Å². The number of rotatable bonds is 10. The van der Waals surface area contributed by atoms with Crippen LogP contribution in [0.25, 0.3) is 0 Å². The van der Waals surface area contributed by atoms with Crippen LogP contribution in [0.3, 0.4) is 0 Å². The van der Waals surface area contributed by atoms with Crippen molar-refractivity contribution < 1.29 is 38.9 Å². The predicted molar refractivity (Wildman–Crippen MR) is 196 cm³/mol. The van der Waals surface area contributed by atoms with Crippen LogP contribution in [0.2, 0.25) is 0 Å². The van der Waals surface area contributed by atoms with Crippen LogP contribution in [-0.2, 0) is 28.7 Å². The van der Waals surface area contributed by atoms with E-state index in [1.165, 1.54) is 12.2 Å². The molecule has 2 aliphatic carbocycles. The maximum Gasteiger partial charge on any atom is 0.330 e. The van der Waals surface area contributed by atoms with Crippen molar-refractivity contribution in [1.29, 1.82) is 0 Å². The fourth-order valence-corrected chi connectivity index (χ4v) is 5.77. The molecule has 0 aromatic rings. The molecule has 0 aliphatic heterocycles. The SMILES string of the molecule is CC(C)(C)C1=CC(C=CC(=O)OCCNC(=O)C(=O)NCCOC(=O)C=CC2C=C(C(C)(C)C)C(O)=C(C(C)(C)C)C2)CC(C(C)(C)C)=C1O. The fourth-order valence-electron chi connectivity index (χ4n) is 5.77. The summed E-state index contributed by atoms with van der Waals surface area (Å²) < 4.78 is 10.4. The van der Waals surface area contributed by atoms with Gasteiger partial charge in [-0.15, -0.1) is 0 Å². The Bertz CT molecular complexity index is 1370. The Hall–Kier alpha value is -4.08. The highest BCUT2D eigenvalue weighted by atomic mass is 16.5. The first-order valence-electron chi connectivity index (χ1n) is 17.4. The number of hydrogen-bond acceptors (Lipinski definition) is 8. The Balaban J connectivity index is 1.75. The highest BCUT2D eigenvalue weighted by Crippen LogP contribution is 2.45. The number of aliphatic hydroxyl groups is 2. The van der Waals surface area contributed by atoms with E-state index in [1.54, 1.807) is 12.2 Å². The lowest BCUT2D eigenvalue weighted by atomic mass is 9.71. The summed E-state index contributed by atoms with van der Waals surface area (Å²) in [6, 6.07) is 0. The Morgan fingerprint density at radius 1 is 0.620 bits per heavy atom. The van der Waals surface area contributed by atoms with Crippen LogP contribution in [-0.4, -0.2) is 60.3 Å². The highest BCUT2D eigenvalue weighted by molar-refractivity contribution is 6.35. The Morgan fingerprint density at radius 3 is 1.22 bits per heavy atom. The van der Waals surface area contributed by atoms with E-state index < -0.39 is 23.8 Å². The molecule has 0 aromatic carbocycles. The summed E-state index contributed by atoms with van der Waals surface area (Å²) in [6.07, 6.45) is 11.3. The molecule has 0 spiro atoms. The molecule has 0 bridgehead atoms. The number of carbonyl (C=O) groups excluding carboxylic acids is 4. The van der Waals surface area contributed by atoms with E-state index >= 15 is 0 Å². The van der Waals surface area contributed by atoms with Crippen LogP contribution in [0.5, 0.6) is 0 Å². The number of aliphatic hydroxyl groups excluding tert-OH is 2. The van der Waals surface area contributed by atoms with Crippen LogP contribution in [0.4, 0.5) is 0 Å². The van der Waals surface area contributed by atoms with Gasteiger partial charge in [-0.25, -0.2) is 9.59 Å². The molecular formula is C40H60N2O8. The molecule has 2 aliphatic rings. The third-order valence-electron chi connectivity index (χ3n) is 8.58. The van der Waals surface area contributed by atoms with Crippen molar-refractivity contribution in [1.82, 2.24) is 10.6 Å². The molecule has 2 amide bonds. The zero-order chi connectivity index (χ0) is 38.2. The molecule has 278 valence electrons. The van der Waals surface area contributed by atoms with Gasteiger partial charge in [0, 0.05) is 12.2 Å². The third-order valence-corrected chi connectivity index (χ3v) is 8.58. The maximum atomic E-state index is 12.3. The minimum absolute atomic E-state index is 0.0651. The van der Waals surface area contributed by atoms with Gasteiger partial charge < -0.3 is 30.3 Å². The van der Waals surface area contributed by atoms with E-state index in [4.69, 9.17) is 9.47 Å². The van der Waals surface area contributed by atoms with Gasteiger partial charge in [0.05, 0.1) is 13.1 Å². The minimum atomic E-state index is -0.907. The number of esters is 2. The topological polar surface area (TPSA) is 151 Å². The van der Waals surface area contributed by atoms with Crippen molar-refractivity contribution >= 4 is 23.8 Å². The quantitative estimate of drug-likeness (QED) is 0.0816. The number of hydrogen-bond donors (Lipinski definition) is 4. The molecule has 2 atom stereocenters. The van der Waals surface area contributed by atoms with Gasteiger partial charge >= 0.3 is 23.8 Å². The third kappa shape index (κ3) is 12.7. The predicted octanol–water partition coefficient (Wildman–Crippen LogP) is 7.12. The summed E-state index contributed by atoms with van der Waals surface area (Å²) in [5, 5.41) is 26.6. The lowest BCUT2D eigenvalue weighted by Gasteiger charge is -2.35. The number of amides is 2. The zero-order valence-electron chi connectivity index (χ0n) is 32.2. The molecule has 0 fully saturated rings. The van der Waals surface area contributed by atoms with E-state index in [1.807, 2.05) is 95.2 Å². The van der Waals surface area contributed by atoms with E-state index in [0.29, 0.717) is 24.4 Å². The molecule has 0 heterocycles. The van der Waals surface area contributed by atoms with Crippen molar-refractivity contribution in [2.75, 3.05) is 26.3 Å². The summed E-state index contributed by atoms with van der Waals surface area (Å²) in [6.45, 7) is 24.1. The van der Waals surface area contributed by atoms with Crippen molar-refractivity contribution in [2.24, 2.45) is 33.5 Å². The lowest BCUT2D eigenvalue weighted by Crippen LogP contribution is -2.42. The normalized spacial score (nSPS) is 19.4. The van der Waals surface area contributed by atoms with Gasteiger partial charge in [-0.05, 0) is 68.6 Å². The van der Waals surface area contributed by atoms with Crippen molar-refractivity contribution in [3.05, 3.63) is 70.3 Å². The molecule has 0 saturated carbocycles. The summed E-state index contributed by atoms with van der Waals surface area (Å²) in [5.74, 6) is -2.52. The number of ether oxygens (including phenoxy) is 2. The van der Waals surface area contributed by atoms with Crippen LogP contribution in [0.15, 0.2) is 70.3 Å².